The summed E-state index contributed by atoms with van der Waals surface area (Å²) in [7, 11) is -4.24. The molecule has 0 spiro atoms. The molecular weight excluding hydrogens is 519 g/mol. The van der Waals surface area contributed by atoms with E-state index in [2.05, 4.69) is 17.0 Å². The zero-order valence-corrected chi connectivity index (χ0v) is 22.2. The monoisotopic (exact) mass is 550 g/mol. The average Bonchev–Trinajstić information content (AvgIpc) is 3.27. The molecule has 206 valence electrons. The molecule has 0 atom stereocenters. The van der Waals surface area contributed by atoms with Crippen LogP contribution in [0.25, 0.3) is 5.69 Å². The molecule has 0 aliphatic carbocycles. The number of ether oxygens (including phenoxy) is 2. The van der Waals surface area contributed by atoms with Crippen molar-refractivity contribution in [1.82, 2.24) is 19.4 Å². The molecule has 0 bridgehead atoms. The van der Waals surface area contributed by atoms with E-state index in [-0.39, 0.29) is 47.7 Å². The second kappa shape index (κ2) is 12.1. The van der Waals surface area contributed by atoms with Gasteiger partial charge in [-0.15, -0.1) is 0 Å². The maximum absolute atomic E-state index is 15.1. The number of hydrogen-bond donors (Lipinski definition) is 3. The maximum Gasteiger partial charge on any atom is 0.410 e. The van der Waals surface area contributed by atoms with E-state index in [1.807, 2.05) is 4.72 Å². The molecule has 0 saturated carbocycles. The SMILES string of the molecule is C=CNc1c(C(=N)OC2CCN(C(=O)OC(C)C)CC2)cnn1-c1ccc(S(=O)(=O)NC(=O)CC)cc1F. The Morgan fingerprint density at radius 2 is 2.00 bits per heavy atom. The molecule has 3 N–H and O–H groups in total. The van der Waals surface area contributed by atoms with Gasteiger partial charge in [-0.05, 0) is 38.2 Å². The van der Waals surface area contributed by atoms with E-state index in [1.54, 1.807) is 18.7 Å². The summed E-state index contributed by atoms with van der Waals surface area (Å²) in [5.41, 5.74) is 0.115. The average molecular weight is 551 g/mol. The van der Waals surface area contributed by atoms with Gasteiger partial charge in [-0.1, -0.05) is 13.5 Å². The third-order valence-electron chi connectivity index (χ3n) is 5.60. The smallest absolute Gasteiger partial charge is 0.410 e. The molecule has 38 heavy (non-hydrogen) atoms. The van der Waals surface area contributed by atoms with Crippen molar-refractivity contribution in [1.29, 1.82) is 5.41 Å². The van der Waals surface area contributed by atoms with Gasteiger partial charge in [0.15, 0.2) is 0 Å². The van der Waals surface area contributed by atoms with Crippen molar-refractivity contribution in [3.05, 3.63) is 48.6 Å². The fourth-order valence-electron chi connectivity index (χ4n) is 3.70. The number of nitrogens with one attached hydrogen (secondary N) is 3. The lowest BCUT2D eigenvalue weighted by Crippen LogP contribution is -2.42. The fourth-order valence-corrected chi connectivity index (χ4v) is 4.77. The number of likely N-dealkylation sites (tertiary alicyclic amines) is 1. The molecule has 14 heteroatoms. The Kier molecular flexibility index (Phi) is 9.09. The minimum absolute atomic E-state index is 0.0513. The molecule has 0 radical (unpaired) electrons. The van der Waals surface area contributed by atoms with Gasteiger partial charge in [0, 0.05) is 32.4 Å². The first-order valence-corrected chi connectivity index (χ1v) is 13.5. The van der Waals surface area contributed by atoms with E-state index in [4.69, 9.17) is 14.9 Å². The highest BCUT2D eigenvalue weighted by Gasteiger charge is 2.28. The summed E-state index contributed by atoms with van der Waals surface area (Å²) >= 11 is 0. The molecule has 12 nitrogen and oxygen atoms in total. The number of piperidine rings is 1. The Morgan fingerprint density at radius 1 is 1.32 bits per heavy atom. The van der Waals surface area contributed by atoms with E-state index < -0.39 is 26.6 Å². The van der Waals surface area contributed by atoms with Crippen molar-refractivity contribution < 1.29 is 31.9 Å². The van der Waals surface area contributed by atoms with Gasteiger partial charge in [0.2, 0.25) is 11.8 Å². The number of hydrogen-bond acceptors (Lipinski definition) is 9. The number of carbonyl (C=O) groups is 2. The van der Waals surface area contributed by atoms with E-state index in [1.165, 1.54) is 25.4 Å². The van der Waals surface area contributed by atoms with Gasteiger partial charge in [-0.3, -0.25) is 10.2 Å². The van der Waals surface area contributed by atoms with E-state index in [0.717, 1.165) is 16.8 Å². The third-order valence-corrected chi connectivity index (χ3v) is 6.97. The Morgan fingerprint density at radius 3 is 2.58 bits per heavy atom. The first-order valence-electron chi connectivity index (χ1n) is 12.0. The first-order chi connectivity index (χ1) is 18.0. The second-order valence-electron chi connectivity index (χ2n) is 8.73. The molecule has 1 aliphatic rings. The van der Waals surface area contributed by atoms with Crippen LogP contribution in [0.4, 0.5) is 15.0 Å². The van der Waals surface area contributed by atoms with Crippen LogP contribution in [0.3, 0.4) is 0 Å². The van der Waals surface area contributed by atoms with Crippen LogP contribution in [-0.4, -0.2) is 66.3 Å². The molecule has 3 rings (SSSR count). The topological polar surface area (TPSA) is 156 Å². The van der Waals surface area contributed by atoms with E-state index >= 15 is 4.39 Å². The maximum atomic E-state index is 15.1. The Labute approximate surface area is 220 Å². The van der Waals surface area contributed by atoms with E-state index in [9.17, 15) is 18.0 Å². The lowest BCUT2D eigenvalue weighted by Gasteiger charge is -2.31. The summed E-state index contributed by atoms with van der Waals surface area (Å²) in [5.74, 6) is -1.68. The molecule has 2 heterocycles. The van der Waals surface area contributed by atoms with Gasteiger partial charge in [-0.25, -0.2) is 27.0 Å². The predicted molar refractivity (Wildman–Crippen MR) is 137 cm³/mol. The molecule has 0 unspecified atom stereocenters. The number of aromatic nitrogens is 2. The lowest BCUT2D eigenvalue weighted by molar-refractivity contribution is -0.119. The molecule has 1 fully saturated rings. The van der Waals surface area contributed by atoms with Gasteiger partial charge in [0.05, 0.1) is 22.8 Å². The third kappa shape index (κ3) is 6.68. The zero-order valence-electron chi connectivity index (χ0n) is 21.4. The first kappa shape index (κ1) is 28.6. The minimum Gasteiger partial charge on any atom is -0.474 e. The Hall–Kier alpha value is -3.94. The Balaban J connectivity index is 1.77. The van der Waals surface area contributed by atoms with Gasteiger partial charge in [0.25, 0.3) is 10.0 Å². The minimum atomic E-state index is -4.24. The number of halogens is 1. The number of benzene rings is 1. The van der Waals surface area contributed by atoms with Crippen molar-refractivity contribution >= 4 is 33.7 Å². The molecule has 2 aromatic rings. The van der Waals surface area contributed by atoms with Crippen molar-refractivity contribution in [3.63, 3.8) is 0 Å². The highest BCUT2D eigenvalue weighted by Crippen LogP contribution is 2.26. The zero-order chi connectivity index (χ0) is 28.0. The number of rotatable bonds is 9. The van der Waals surface area contributed by atoms with Crippen LogP contribution in [0.1, 0.15) is 45.6 Å². The van der Waals surface area contributed by atoms with Crippen molar-refractivity contribution in [2.45, 2.75) is 57.1 Å². The van der Waals surface area contributed by atoms with Gasteiger partial charge >= 0.3 is 6.09 Å². The molecular formula is C24H31FN6O6S. The van der Waals surface area contributed by atoms with Crippen LogP contribution >= 0.6 is 0 Å². The number of sulfonamides is 1. The lowest BCUT2D eigenvalue weighted by atomic mass is 10.1. The Bertz CT molecular complexity index is 1320. The van der Waals surface area contributed by atoms with Crippen molar-refractivity contribution in [2.24, 2.45) is 0 Å². The molecule has 1 aliphatic heterocycles. The molecule has 2 amide bonds. The standard InChI is InChI=1S/C24H31FN6O6S/c1-5-21(32)29-38(34,35)17-7-8-20(19(25)13-17)31-23(27-6-2)18(14-28-31)22(26)37-16-9-11-30(12-10-16)24(33)36-15(3)4/h6-8,13-16,26-27H,2,5,9-12H2,1,3-4H3,(H,29,32). The van der Waals surface area contributed by atoms with Crippen LogP contribution in [0.15, 0.2) is 42.1 Å². The highest BCUT2D eigenvalue weighted by atomic mass is 32.2. The number of anilines is 1. The number of carbonyl (C=O) groups excluding carboxylic acids is 2. The van der Waals surface area contributed by atoms with Crippen LogP contribution in [-0.2, 0) is 24.3 Å². The normalized spacial score (nSPS) is 14.2. The summed E-state index contributed by atoms with van der Waals surface area (Å²) in [6, 6.07) is 3.12. The van der Waals surface area contributed by atoms with Crippen LogP contribution in [0.2, 0.25) is 0 Å². The summed E-state index contributed by atoms with van der Waals surface area (Å²) in [5, 5.41) is 15.4. The van der Waals surface area contributed by atoms with Gasteiger partial charge in [0.1, 0.15) is 23.4 Å². The van der Waals surface area contributed by atoms with Crippen molar-refractivity contribution in [3.8, 4) is 5.69 Å². The van der Waals surface area contributed by atoms with Crippen LogP contribution < -0.4 is 10.0 Å². The summed E-state index contributed by atoms with van der Waals surface area (Å²) in [6.45, 7) is 9.49. The van der Waals surface area contributed by atoms with E-state index in [0.29, 0.717) is 25.9 Å². The molecule has 1 aromatic carbocycles. The molecule has 1 saturated heterocycles. The summed E-state index contributed by atoms with van der Waals surface area (Å²) in [4.78, 5) is 24.8. The van der Waals surface area contributed by atoms with Crippen LogP contribution in [0.5, 0.6) is 0 Å². The highest BCUT2D eigenvalue weighted by molar-refractivity contribution is 7.90. The fraction of sp³-hybridized carbons (Fsp3) is 0.417. The van der Waals surface area contributed by atoms with Crippen molar-refractivity contribution in [2.75, 3.05) is 18.4 Å². The predicted octanol–water partition coefficient (Wildman–Crippen LogP) is 3.13. The number of nitrogens with zero attached hydrogens (tertiary/aromatic N) is 3. The van der Waals surface area contributed by atoms with Gasteiger partial charge in [-0.2, -0.15) is 5.10 Å². The number of amides is 2. The largest absolute Gasteiger partial charge is 0.474 e. The summed E-state index contributed by atoms with van der Waals surface area (Å²) in [6.07, 6.45) is 2.63. The second-order valence-corrected chi connectivity index (χ2v) is 10.4. The molecule has 1 aromatic heterocycles. The summed E-state index contributed by atoms with van der Waals surface area (Å²) < 4.78 is 53.8. The van der Waals surface area contributed by atoms with Gasteiger partial charge < -0.3 is 19.7 Å². The van der Waals surface area contributed by atoms with Crippen LogP contribution in [0, 0.1) is 11.2 Å². The quantitative estimate of drug-likeness (QED) is 0.318.